The van der Waals surface area contributed by atoms with Gasteiger partial charge in [-0.25, -0.2) is 4.39 Å². The van der Waals surface area contributed by atoms with Crippen molar-refractivity contribution in [2.45, 2.75) is 6.42 Å². The van der Waals surface area contributed by atoms with Crippen LogP contribution in [0.5, 0.6) is 5.75 Å². The summed E-state index contributed by atoms with van der Waals surface area (Å²) in [7, 11) is 1.51. The summed E-state index contributed by atoms with van der Waals surface area (Å²) in [5.41, 5.74) is 1.12. The number of Topliss-reactive ketones (excluding diaryl/α,β-unsaturated/α-hetero) is 1. The van der Waals surface area contributed by atoms with Crippen LogP contribution >= 0.6 is 11.6 Å². The first-order valence-electron chi connectivity index (χ1n) is 5.71. The lowest BCUT2D eigenvalue weighted by Gasteiger charge is -2.06. The maximum atomic E-state index is 13.0. The molecule has 2 aromatic carbocycles. The average Bonchev–Trinajstić information content (AvgIpc) is 2.38. The Balaban J connectivity index is 2.18. The van der Waals surface area contributed by atoms with Crippen LogP contribution in [0.2, 0.25) is 5.02 Å². The van der Waals surface area contributed by atoms with Crippen molar-refractivity contribution < 1.29 is 13.9 Å². The minimum absolute atomic E-state index is 0.116. The number of hydrogen-bond donors (Lipinski definition) is 0. The van der Waals surface area contributed by atoms with Crippen molar-refractivity contribution >= 4 is 17.4 Å². The summed E-state index contributed by atoms with van der Waals surface area (Å²) in [6.45, 7) is 0. The van der Waals surface area contributed by atoms with Crippen LogP contribution < -0.4 is 4.74 Å². The summed E-state index contributed by atoms with van der Waals surface area (Å²) in [6.07, 6.45) is 0.139. The third kappa shape index (κ3) is 3.32. The first-order valence-corrected chi connectivity index (χ1v) is 6.09. The highest BCUT2D eigenvalue weighted by Gasteiger charge is 2.10. The lowest BCUT2D eigenvalue weighted by molar-refractivity contribution is 0.0993. The summed E-state index contributed by atoms with van der Waals surface area (Å²) in [5.74, 6) is 0.0530. The van der Waals surface area contributed by atoms with Crippen molar-refractivity contribution in [2.75, 3.05) is 7.11 Å². The van der Waals surface area contributed by atoms with E-state index in [0.29, 0.717) is 21.9 Å². The van der Waals surface area contributed by atoms with Gasteiger partial charge >= 0.3 is 0 Å². The molecule has 2 nitrogen and oxygen atoms in total. The van der Waals surface area contributed by atoms with Crippen molar-refractivity contribution in [3.8, 4) is 5.75 Å². The molecule has 98 valence electrons. The number of benzene rings is 2. The number of rotatable bonds is 4. The molecule has 0 aliphatic rings. The number of ether oxygens (including phenoxy) is 1. The molecule has 0 aromatic heterocycles. The Hall–Kier alpha value is -1.87. The van der Waals surface area contributed by atoms with E-state index in [1.165, 1.54) is 19.2 Å². The van der Waals surface area contributed by atoms with Crippen LogP contribution in [-0.2, 0) is 6.42 Å². The zero-order valence-electron chi connectivity index (χ0n) is 10.3. The van der Waals surface area contributed by atoms with E-state index in [-0.39, 0.29) is 18.0 Å². The van der Waals surface area contributed by atoms with Crippen molar-refractivity contribution in [3.05, 3.63) is 64.4 Å². The summed E-state index contributed by atoms with van der Waals surface area (Å²) in [6, 6.07) is 10.8. The number of methoxy groups -OCH3 is 1. The molecule has 0 bridgehead atoms. The smallest absolute Gasteiger partial charge is 0.167 e. The number of ketones is 1. The van der Waals surface area contributed by atoms with Gasteiger partial charge in [0, 0.05) is 12.0 Å². The van der Waals surface area contributed by atoms with Crippen LogP contribution in [0.25, 0.3) is 0 Å². The van der Waals surface area contributed by atoms with Crippen molar-refractivity contribution in [1.29, 1.82) is 0 Å². The second-order valence-electron chi connectivity index (χ2n) is 4.08. The second kappa shape index (κ2) is 5.85. The summed E-state index contributed by atoms with van der Waals surface area (Å²) in [4.78, 5) is 12.1. The molecule has 2 rings (SSSR count). The molecule has 0 saturated carbocycles. The lowest BCUT2D eigenvalue weighted by Crippen LogP contribution is -2.04. The van der Waals surface area contributed by atoms with Crippen LogP contribution in [0.4, 0.5) is 4.39 Å². The van der Waals surface area contributed by atoms with Gasteiger partial charge in [0.1, 0.15) is 11.6 Å². The Bertz CT molecular complexity index is 611. The standard InChI is InChI=1S/C15H12ClFO2/c1-19-15-6-5-11(9-13(15)16)14(18)8-10-3-2-4-12(17)7-10/h2-7,9H,8H2,1H3. The topological polar surface area (TPSA) is 26.3 Å². The van der Waals surface area contributed by atoms with Gasteiger partial charge in [0.25, 0.3) is 0 Å². The maximum Gasteiger partial charge on any atom is 0.167 e. The van der Waals surface area contributed by atoms with Crippen molar-refractivity contribution in [1.82, 2.24) is 0 Å². The quantitative estimate of drug-likeness (QED) is 0.793. The molecule has 0 saturated heterocycles. The van der Waals surface area contributed by atoms with E-state index in [0.717, 1.165) is 0 Å². The number of carbonyl (C=O) groups is 1. The van der Waals surface area contributed by atoms with E-state index in [2.05, 4.69) is 0 Å². The Morgan fingerprint density at radius 3 is 2.68 bits per heavy atom. The highest BCUT2D eigenvalue weighted by atomic mass is 35.5. The molecule has 0 aliphatic carbocycles. The molecular formula is C15H12ClFO2. The van der Waals surface area contributed by atoms with Crippen LogP contribution in [-0.4, -0.2) is 12.9 Å². The normalized spacial score (nSPS) is 10.3. The Morgan fingerprint density at radius 1 is 1.26 bits per heavy atom. The molecule has 0 spiro atoms. The number of hydrogen-bond acceptors (Lipinski definition) is 2. The Labute approximate surface area is 115 Å². The summed E-state index contributed by atoms with van der Waals surface area (Å²) >= 11 is 5.96. The molecule has 0 N–H and O–H groups in total. The van der Waals surface area contributed by atoms with Gasteiger partial charge in [0.2, 0.25) is 0 Å². The second-order valence-corrected chi connectivity index (χ2v) is 4.49. The van der Waals surface area contributed by atoms with Crippen LogP contribution in [0, 0.1) is 5.82 Å². The monoisotopic (exact) mass is 278 g/mol. The Morgan fingerprint density at radius 2 is 2.05 bits per heavy atom. The van der Waals surface area contributed by atoms with E-state index >= 15 is 0 Å². The van der Waals surface area contributed by atoms with Crippen LogP contribution in [0.1, 0.15) is 15.9 Å². The first kappa shape index (κ1) is 13.6. The summed E-state index contributed by atoms with van der Waals surface area (Å²) in [5, 5.41) is 0.382. The van der Waals surface area contributed by atoms with Crippen LogP contribution in [0.15, 0.2) is 42.5 Å². The predicted octanol–water partition coefficient (Wildman–Crippen LogP) is 3.91. The lowest BCUT2D eigenvalue weighted by atomic mass is 10.0. The molecule has 0 fully saturated rings. The van der Waals surface area contributed by atoms with E-state index in [1.807, 2.05) is 0 Å². The molecule has 0 radical (unpaired) electrons. The van der Waals surface area contributed by atoms with E-state index in [4.69, 9.17) is 16.3 Å². The summed E-state index contributed by atoms with van der Waals surface area (Å²) < 4.78 is 18.1. The fraction of sp³-hybridized carbons (Fsp3) is 0.133. The first-order chi connectivity index (χ1) is 9.10. The van der Waals surface area contributed by atoms with Gasteiger partial charge in [-0.15, -0.1) is 0 Å². The highest BCUT2D eigenvalue weighted by Crippen LogP contribution is 2.25. The highest BCUT2D eigenvalue weighted by molar-refractivity contribution is 6.32. The average molecular weight is 279 g/mol. The minimum Gasteiger partial charge on any atom is -0.495 e. The molecule has 0 aliphatic heterocycles. The predicted molar refractivity (Wildman–Crippen MR) is 72.4 cm³/mol. The van der Waals surface area contributed by atoms with E-state index in [1.54, 1.807) is 30.3 Å². The van der Waals surface area contributed by atoms with Gasteiger partial charge in [-0.05, 0) is 35.9 Å². The number of halogens is 2. The van der Waals surface area contributed by atoms with E-state index < -0.39 is 0 Å². The third-order valence-corrected chi connectivity index (χ3v) is 3.02. The van der Waals surface area contributed by atoms with E-state index in [9.17, 15) is 9.18 Å². The van der Waals surface area contributed by atoms with Gasteiger partial charge in [-0.1, -0.05) is 23.7 Å². The molecule has 2 aromatic rings. The molecule has 4 heteroatoms. The van der Waals surface area contributed by atoms with Gasteiger partial charge in [0.15, 0.2) is 5.78 Å². The minimum atomic E-state index is -0.349. The molecule has 0 unspecified atom stereocenters. The van der Waals surface area contributed by atoms with Crippen LogP contribution in [0.3, 0.4) is 0 Å². The van der Waals surface area contributed by atoms with Crippen molar-refractivity contribution in [2.24, 2.45) is 0 Å². The SMILES string of the molecule is COc1ccc(C(=O)Cc2cccc(F)c2)cc1Cl. The molecule has 0 amide bonds. The fourth-order valence-electron chi connectivity index (χ4n) is 1.77. The van der Waals surface area contributed by atoms with Gasteiger partial charge in [0.05, 0.1) is 12.1 Å². The maximum absolute atomic E-state index is 13.0. The third-order valence-electron chi connectivity index (χ3n) is 2.73. The molecule has 0 atom stereocenters. The fourth-order valence-corrected chi connectivity index (χ4v) is 2.03. The van der Waals surface area contributed by atoms with Crippen molar-refractivity contribution in [3.63, 3.8) is 0 Å². The van der Waals surface area contributed by atoms with Gasteiger partial charge in [-0.2, -0.15) is 0 Å². The Kier molecular flexibility index (Phi) is 4.17. The van der Waals surface area contributed by atoms with Gasteiger partial charge in [-0.3, -0.25) is 4.79 Å². The molecular weight excluding hydrogens is 267 g/mol. The van der Waals surface area contributed by atoms with Gasteiger partial charge < -0.3 is 4.74 Å². The zero-order valence-corrected chi connectivity index (χ0v) is 11.1. The zero-order chi connectivity index (χ0) is 13.8. The largest absolute Gasteiger partial charge is 0.495 e. The molecule has 0 heterocycles. The number of carbonyl (C=O) groups excluding carboxylic acids is 1. The molecule has 19 heavy (non-hydrogen) atoms.